The average molecular weight is 465 g/mol. The van der Waals surface area contributed by atoms with E-state index in [9.17, 15) is 14.3 Å². The van der Waals surface area contributed by atoms with Crippen molar-refractivity contribution in [2.24, 2.45) is 0 Å². The van der Waals surface area contributed by atoms with Gasteiger partial charge in [0, 0.05) is 47.2 Å². The van der Waals surface area contributed by atoms with Crippen LogP contribution in [0.4, 0.5) is 10.1 Å². The van der Waals surface area contributed by atoms with E-state index in [2.05, 4.69) is 20.3 Å². The second kappa shape index (κ2) is 8.84. The molecular formula is C25H22ClFN4O2. The average Bonchev–Trinajstić information content (AvgIpc) is 2.78. The van der Waals surface area contributed by atoms with Crippen molar-refractivity contribution in [2.75, 3.05) is 5.32 Å². The number of ketones is 1. The van der Waals surface area contributed by atoms with Crippen molar-refractivity contribution in [1.82, 2.24) is 15.0 Å². The van der Waals surface area contributed by atoms with Crippen molar-refractivity contribution >= 4 is 34.0 Å². The minimum Gasteiger partial charge on any atom is -0.382 e. The first-order chi connectivity index (χ1) is 15.6. The van der Waals surface area contributed by atoms with Crippen molar-refractivity contribution in [2.45, 2.75) is 32.9 Å². The van der Waals surface area contributed by atoms with Gasteiger partial charge in [-0.3, -0.25) is 9.78 Å². The van der Waals surface area contributed by atoms with Gasteiger partial charge in [0.25, 0.3) is 0 Å². The molecular weight excluding hydrogens is 443 g/mol. The molecule has 2 N–H and O–H groups in total. The minimum absolute atomic E-state index is 0.133. The normalized spacial score (nSPS) is 11.6. The number of carbonyl (C=O) groups excluding carboxylic acids is 1. The number of aliphatic hydroxyl groups is 1. The van der Waals surface area contributed by atoms with Crippen LogP contribution < -0.4 is 5.32 Å². The molecule has 0 bridgehead atoms. The van der Waals surface area contributed by atoms with E-state index in [-0.39, 0.29) is 12.3 Å². The molecule has 0 spiro atoms. The van der Waals surface area contributed by atoms with Crippen LogP contribution in [-0.2, 0) is 12.1 Å². The summed E-state index contributed by atoms with van der Waals surface area (Å²) in [7, 11) is 0. The lowest BCUT2D eigenvalue weighted by atomic mass is 10.0. The zero-order valence-corrected chi connectivity index (χ0v) is 19.1. The molecule has 0 aliphatic heterocycles. The van der Waals surface area contributed by atoms with Crippen LogP contribution in [0.15, 0.2) is 55.0 Å². The second-order valence-electron chi connectivity index (χ2n) is 8.28. The van der Waals surface area contributed by atoms with Crippen molar-refractivity contribution < 1.29 is 14.3 Å². The molecule has 0 unspecified atom stereocenters. The number of Topliss-reactive ketones (excluding diaryl/α,β-unsaturated/α-hetero) is 1. The van der Waals surface area contributed by atoms with E-state index in [0.29, 0.717) is 33.2 Å². The van der Waals surface area contributed by atoms with E-state index in [1.807, 2.05) is 18.2 Å². The molecule has 4 aromatic rings. The Hall–Kier alpha value is -3.42. The molecule has 0 aliphatic rings. The number of nitrogens with one attached hydrogen (secondary N) is 1. The van der Waals surface area contributed by atoms with E-state index in [1.54, 1.807) is 26.2 Å². The number of aromatic nitrogens is 3. The molecule has 0 aliphatic carbocycles. The van der Waals surface area contributed by atoms with Crippen LogP contribution in [0.1, 0.15) is 42.5 Å². The number of halogens is 2. The van der Waals surface area contributed by atoms with Crippen LogP contribution in [0.3, 0.4) is 0 Å². The monoisotopic (exact) mass is 464 g/mol. The van der Waals surface area contributed by atoms with Crippen LogP contribution in [-0.4, -0.2) is 25.8 Å². The molecule has 168 valence electrons. The van der Waals surface area contributed by atoms with Crippen molar-refractivity contribution in [1.29, 1.82) is 0 Å². The molecule has 0 saturated carbocycles. The minimum atomic E-state index is -1.13. The van der Waals surface area contributed by atoms with Crippen molar-refractivity contribution in [3.63, 3.8) is 0 Å². The van der Waals surface area contributed by atoms with E-state index in [1.165, 1.54) is 31.3 Å². The van der Waals surface area contributed by atoms with Gasteiger partial charge in [0.05, 0.1) is 16.2 Å². The Morgan fingerprint density at radius 2 is 1.79 bits per heavy atom. The predicted octanol–water partition coefficient (Wildman–Crippen LogP) is 5.53. The molecule has 0 amide bonds. The fourth-order valence-corrected chi connectivity index (χ4v) is 3.65. The van der Waals surface area contributed by atoms with Gasteiger partial charge in [0.2, 0.25) is 0 Å². The molecule has 8 heteroatoms. The van der Waals surface area contributed by atoms with Gasteiger partial charge in [0.15, 0.2) is 11.6 Å². The zero-order valence-electron chi connectivity index (χ0n) is 18.4. The van der Waals surface area contributed by atoms with Gasteiger partial charge in [-0.2, -0.15) is 0 Å². The summed E-state index contributed by atoms with van der Waals surface area (Å²) in [6, 6.07) is 9.94. The first-order valence-electron chi connectivity index (χ1n) is 10.3. The topological polar surface area (TPSA) is 88.0 Å². The van der Waals surface area contributed by atoms with E-state index in [4.69, 9.17) is 11.6 Å². The van der Waals surface area contributed by atoms with Gasteiger partial charge >= 0.3 is 0 Å². The summed E-state index contributed by atoms with van der Waals surface area (Å²) in [6.45, 7) is 4.83. The fourth-order valence-electron chi connectivity index (χ4n) is 3.43. The molecule has 0 atom stereocenters. The highest BCUT2D eigenvalue weighted by Crippen LogP contribution is 2.33. The van der Waals surface area contributed by atoms with E-state index in [0.717, 1.165) is 16.5 Å². The van der Waals surface area contributed by atoms with E-state index < -0.39 is 11.4 Å². The van der Waals surface area contributed by atoms with Gasteiger partial charge in [-0.15, -0.1) is 0 Å². The summed E-state index contributed by atoms with van der Waals surface area (Å²) in [4.78, 5) is 24.6. The molecule has 2 heterocycles. The zero-order chi connectivity index (χ0) is 23.8. The Bertz CT molecular complexity index is 1350. The quantitative estimate of drug-likeness (QED) is 0.365. The van der Waals surface area contributed by atoms with Gasteiger partial charge in [-0.1, -0.05) is 17.7 Å². The highest BCUT2D eigenvalue weighted by Gasteiger charge is 2.19. The Kier molecular flexibility index (Phi) is 6.10. The Balaban J connectivity index is 1.70. The number of benzene rings is 2. The lowest BCUT2D eigenvalue weighted by Gasteiger charge is -2.15. The number of hydrogen-bond acceptors (Lipinski definition) is 6. The van der Waals surface area contributed by atoms with E-state index >= 15 is 0 Å². The number of anilines is 1. The van der Waals surface area contributed by atoms with Gasteiger partial charge in [-0.25, -0.2) is 14.4 Å². The fraction of sp³-hybridized carbons (Fsp3) is 0.200. The maximum absolute atomic E-state index is 14.3. The Morgan fingerprint density at radius 1 is 1.06 bits per heavy atom. The SMILES string of the molecule is CC(=O)c1ccc(F)c(CNc2c(Cl)cnc3ccc(-c4cnc(C(C)(C)O)nc4)cc23)c1. The van der Waals surface area contributed by atoms with Crippen LogP contribution in [0, 0.1) is 5.82 Å². The summed E-state index contributed by atoms with van der Waals surface area (Å²) >= 11 is 6.43. The largest absolute Gasteiger partial charge is 0.382 e. The molecule has 2 aromatic heterocycles. The maximum atomic E-state index is 14.3. The summed E-state index contributed by atoms with van der Waals surface area (Å²) < 4.78 is 14.3. The van der Waals surface area contributed by atoms with Crippen LogP contribution >= 0.6 is 11.6 Å². The second-order valence-corrected chi connectivity index (χ2v) is 8.69. The van der Waals surface area contributed by atoms with Gasteiger partial charge in [-0.05, 0) is 56.7 Å². The number of hydrogen-bond donors (Lipinski definition) is 2. The van der Waals surface area contributed by atoms with Gasteiger partial charge in [0.1, 0.15) is 11.4 Å². The third-order valence-electron chi connectivity index (χ3n) is 5.26. The standard InChI is InChI=1S/C25H22ClFN4O2/c1-14(32)15-4-6-21(27)17(8-15)10-29-23-19-9-16(5-7-22(19)28-13-20(23)26)18-11-30-24(31-12-18)25(2,3)33/h4-9,11-13,33H,10H2,1-3H3,(H,28,29). The summed E-state index contributed by atoms with van der Waals surface area (Å²) in [5, 5.41) is 14.4. The molecule has 6 nitrogen and oxygen atoms in total. The summed E-state index contributed by atoms with van der Waals surface area (Å²) in [5.41, 5.74) is 2.57. The Labute approximate surface area is 195 Å². The number of fused-ring (bicyclic) bond motifs is 1. The molecule has 0 saturated heterocycles. The number of carbonyl (C=O) groups is 1. The maximum Gasteiger partial charge on any atom is 0.159 e. The first kappa shape index (κ1) is 22.8. The smallest absolute Gasteiger partial charge is 0.159 e. The summed E-state index contributed by atoms with van der Waals surface area (Å²) in [6.07, 6.45) is 4.83. The highest BCUT2D eigenvalue weighted by molar-refractivity contribution is 6.34. The predicted molar refractivity (Wildman–Crippen MR) is 127 cm³/mol. The number of pyridine rings is 1. The summed E-state index contributed by atoms with van der Waals surface area (Å²) in [5.74, 6) is -0.216. The third kappa shape index (κ3) is 4.84. The highest BCUT2D eigenvalue weighted by atomic mass is 35.5. The van der Waals surface area contributed by atoms with Gasteiger partial charge < -0.3 is 10.4 Å². The van der Waals surface area contributed by atoms with Crippen LogP contribution in [0.2, 0.25) is 5.02 Å². The molecule has 0 radical (unpaired) electrons. The molecule has 33 heavy (non-hydrogen) atoms. The van der Waals surface area contributed by atoms with Crippen molar-refractivity contribution in [3.8, 4) is 11.1 Å². The first-order valence-corrected chi connectivity index (χ1v) is 10.7. The molecule has 2 aromatic carbocycles. The number of rotatable bonds is 6. The van der Waals surface area contributed by atoms with Crippen molar-refractivity contribution in [3.05, 3.63) is 82.8 Å². The van der Waals surface area contributed by atoms with Crippen LogP contribution in [0.5, 0.6) is 0 Å². The molecule has 0 fully saturated rings. The Morgan fingerprint density at radius 3 is 2.45 bits per heavy atom. The van der Waals surface area contributed by atoms with Crippen LogP contribution in [0.25, 0.3) is 22.0 Å². The third-order valence-corrected chi connectivity index (χ3v) is 5.55. The number of nitrogens with zero attached hydrogens (tertiary/aromatic N) is 3. The lowest BCUT2D eigenvalue weighted by molar-refractivity contribution is 0.0687. The lowest BCUT2D eigenvalue weighted by Crippen LogP contribution is -2.19. The molecule has 4 rings (SSSR count).